The van der Waals surface area contributed by atoms with E-state index < -0.39 is 28.3 Å². The molecule has 1 saturated carbocycles. The third-order valence-electron chi connectivity index (χ3n) is 7.83. The molecule has 1 fully saturated rings. The van der Waals surface area contributed by atoms with Crippen molar-refractivity contribution in [1.29, 1.82) is 0 Å². The number of carbonyl (C=O) groups is 1. The second-order valence-electron chi connectivity index (χ2n) is 9.06. The normalized spacial score (nSPS) is 50.4. The first-order chi connectivity index (χ1) is 12.0. The quantitative estimate of drug-likeness (QED) is 0.406. The molecule has 0 bridgehead atoms. The lowest BCUT2D eigenvalue weighted by Gasteiger charge is -2.65. The molecule has 1 aliphatic heterocycles. The van der Waals surface area contributed by atoms with Crippen LogP contribution < -0.4 is 0 Å². The Morgan fingerprint density at radius 1 is 1.19 bits per heavy atom. The van der Waals surface area contributed by atoms with Crippen molar-refractivity contribution in [2.24, 2.45) is 17.3 Å². The van der Waals surface area contributed by atoms with Crippen LogP contribution in [0.1, 0.15) is 46.5 Å². The second-order valence-corrected chi connectivity index (χ2v) is 9.06. The lowest BCUT2D eigenvalue weighted by Crippen LogP contribution is -2.77. The van der Waals surface area contributed by atoms with Crippen LogP contribution in [0.3, 0.4) is 0 Å². The van der Waals surface area contributed by atoms with Crippen LogP contribution in [0.4, 0.5) is 0 Å². The molecule has 0 aromatic heterocycles. The zero-order valence-corrected chi connectivity index (χ0v) is 15.5. The average molecular weight is 364 g/mol. The second kappa shape index (κ2) is 5.19. The molecule has 4 aliphatic rings. The van der Waals surface area contributed by atoms with E-state index in [4.69, 9.17) is 4.74 Å². The first kappa shape index (κ1) is 18.2. The van der Waals surface area contributed by atoms with Gasteiger partial charge in [-0.1, -0.05) is 32.9 Å². The van der Waals surface area contributed by atoms with Gasteiger partial charge < -0.3 is 25.2 Å². The maximum atomic E-state index is 11.9. The largest absolute Gasteiger partial charge is 0.458 e. The highest BCUT2D eigenvalue weighted by molar-refractivity contribution is 5.92. The maximum Gasteiger partial charge on any atom is 0.334 e. The zero-order chi connectivity index (χ0) is 19.1. The predicted molar refractivity (Wildman–Crippen MR) is 92.9 cm³/mol. The number of carbonyl (C=O) groups excluding carboxylic acids is 1. The van der Waals surface area contributed by atoms with Crippen LogP contribution in [0, 0.1) is 17.3 Å². The summed E-state index contributed by atoms with van der Waals surface area (Å²) in [6.45, 7) is 5.69. The third kappa shape index (κ3) is 1.84. The van der Waals surface area contributed by atoms with Gasteiger partial charge in [0.2, 0.25) is 0 Å². The van der Waals surface area contributed by atoms with Crippen molar-refractivity contribution in [2.45, 2.75) is 69.4 Å². The van der Waals surface area contributed by atoms with E-state index in [1.54, 1.807) is 13.8 Å². The number of aliphatic hydroxyl groups excluding tert-OH is 1. The van der Waals surface area contributed by atoms with E-state index in [-0.39, 0.29) is 30.8 Å². The Morgan fingerprint density at radius 2 is 1.88 bits per heavy atom. The van der Waals surface area contributed by atoms with E-state index in [9.17, 15) is 25.2 Å². The number of aliphatic hydroxyl groups is 4. The topological polar surface area (TPSA) is 107 Å². The van der Waals surface area contributed by atoms with E-state index in [2.05, 4.69) is 0 Å². The van der Waals surface area contributed by atoms with Gasteiger partial charge in [-0.3, -0.25) is 0 Å². The fourth-order valence-electron chi connectivity index (χ4n) is 5.88. The molecule has 6 heteroatoms. The van der Waals surface area contributed by atoms with E-state index >= 15 is 0 Å². The standard InChI is InChI=1S/C20H28O6/c1-11(2)18(23)8-9-20(25)17(3)6-4-12-13(10-26-15(12)21)14(17)5-7-19(20,24)16(18)22/h8-9,11,14,16,22-25H,4-7,10H2,1-3H3/t14-,16+,17-,18+,19+,20+/m0/s1. The van der Waals surface area contributed by atoms with Gasteiger partial charge in [0.25, 0.3) is 0 Å². The van der Waals surface area contributed by atoms with Crippen molar-refractivity contribution in [3.63, 3.8) is 0 Å². The number of hydrogen-bond donors (Lipinski definition) is 4. The monoisotopic (exact) mass is 364 g/mol. The summed E-state index contributed by atoms with van der Waals surface area (Å²) in [7, 11) is 0. The summed E-state index contributed by atoms with van der Waals surface area (Å²) < 4.78 is 5.21. The van der Waals surface area contributed by atoms with Gasteiger partial charge in [0.1, 0.15) is 29.5 Å². The Kier molecular flexibility index (Phi) is 3.63. The number of cyclic esters (lactones) is 1. The lowest BCUT2D eigenvalue weighted by molar-refractivity contribution is -0.294. The van der Waals surface area contributed by atoms with Gasteiger partial charge >= 0.3 is 5.97 Å². The van der Waals surface area contributed by atoms with Crippen LogP contribution in [-0.4, -0.2) is 55.9 Å². The summed E-state index contributed by atoms with van der Waals surface area (Å²) >= 11 is 0. The molecule has 0 amide bonds. The smallest absolute Gasteiger partial charge is 0.334 e. The molecular weight excluding hydrogens is 336 g/mol. The van der Waals surface area contributed by atoms with Crippen LogP contribution in [-0.2, 0) is 9.53 Å². The molecule has 4 N–H and O–H groups in total. The minimum Gasteiger partial charge on any atom is -0.458 e. The molecular formula is C20H28O6. The fourth-order valence-corrected chi connectivity index (χ4v) is 5.88. The number of fused-ring (bicyclic) bond motifs is 4. The Bertz CT molecular complexity index is 726. The van der Waals surface area contributed by atoms with Crippen molar-refractivity contribution in [2.75, 3.05) is 6.61 Å². The Morgan fingerprint density at radius 3 is 2.54 bits per heavy atom. The maximum absolute atomic E-state index is 11.9. The molecule has 4 rings (SSSR count). The van der Waals surface area contributed by atoms with E-state index in [0.29, 0.717) is 24.8 Å². The lowest BCUT2D eigenvalue weighted by atomic mass is 9.44. The number of esters is 1. The van der Waals surface area contributed by atoms with Gasteiger partial charge in [-0.2, -0.15) is 0 Å². The van der Waals surface area contributed by atoms with Crippen LogP contribution in [0.15, 0.2) is 23.3 Å². The number of ether oxygens (including phenoxy) is 1. The molecule has 6 atom stereocenters. The molecule has 1 heterocycles. The third-order valence-corrected chi connectivity index (χ3v) is 7.83. The minimum absolute atomic E-state index is 0.106. The molecule has 0 aromatic carbocycles. The fraction of sp³-hybridized carbons (Fsp3) is 0.750. The Hall–Kier alpha value is -1.21. The van der Waals surface area contributed by atoms with Crippen LogP contribution in [0.5, 0.6) is 0 Å². The van der Waals surface area contributed by atoms with Gasteiger partial charge in [0.15, 0.2) is 0 Å². The van der Waals surface area contributed by atoms with E-state index in [0.717, 1.165) is 5.57 Å². The highest BCUT2D eigenvalue weighted by atomic mass is 16.5. The molecule has 0 aromatic rings. The molecule has 0 radical (unpaired) electrons. The summed E-state index contributed by atoms with van der Waals surface area (Å²) in [5.74, 6) is -0.706. The summed E-state index contributed by atoms with van der Waals surface area (Å²) in [4.78, 5) is 11.9. The highest BCUT2D eigenvalue weighted by Gasteiger charge is 2.72. The van der Waals surface area contributed by atoms with Crippen LogP contribution in [0.2, 0.25) is 0 Å². The zero-order valence-electron chi connectivity index (χ0n) is 15.5. The predicted octanol–water partition coefficient (Wildman–Crippen LogP) is 0.830. The van der Waals surface area contributed by atoms with Crippen molar-refractivity contribution >= 4 is 5.97 Å². The number of hydrogen-bond acceptors (Lipinski definition) is 6. The molecule has 6 nitrogen and oxygen atoms in total. The molecule has 0 spiro atoms. The van der Waals surface area contributed by atoms with Crippen molar-refractivity contribution in [3.8, 4) is 0 Å². The summed E-state index contributed by atoms with van der Waals surface area (Å²) in [6, 6.07) is 0. The number of rotatable bonds is 1. The Labute approximate surface area is 153 Å². The molecule has 3 aliphatic carbocycles. The SMILES string of the molecule is CC(C)[C@]1(O)C=C[C@@]2(O)[C@@]3(C)CCC4=C(COC4=O)[C@@H]3CC[C@@]2(O)[C@@H]1O. The Balaban J connectivity index is 1.85. The average Bonchev–Trinajstić information content (AvgIpc) is 2.96. The van der Waals surface area contributed by atoms with Crippen LogP contribution >= 0.6 is 0 Å². The summed E-state index contributed by atoms with van der Waals surface area (Å²) in [6.07, 6.45) is 3.08. The first-order valence-electron chi connectivity index (χ1n) is 9.46. The van der Waals surface area contributed by atoms with Gasteiger partial charge in [0.05, 0.1) is 0 Å². The minimum atomic E-state index is -1.85. The van der Waals surface area contributed by atoms with Crippen molar-refractivity contribution < 1.29 is 30.0 Å². The van der Waals surface area contributed by atoms with Crippen molar-refractivity contribution in [3.05, 3.63) is 23.3 Å². The van der Waals surface area contributed by atoms with Gasteiger partial charge in [-0.15, -0.1) is 0 Å². The summed E-state index contributed by atoms with van der Waals surface area (Å²) in [5.41, 5.74) is -4.29. The van der Waals surface area contributed by atoms with Gasteiger partial charge in [-0.05, 0) is 43.1 Å². The molecule has 0 unspecified atom stereocenters. The van der Waals surface area contributed by atoms with Gasteiger partial charge in [-0.25, -0.2) is 4.79 Å². The highest BCUT2D eigenvalue weighted by Crippen LogP contribution is 2.64. The molecule has 144 valence electrons. The van der Waals surface area contributed by atoms with Crippen LogP contribution in [0.25, 0.3) is 0 Å². The molecule has 26 heavy (non-hydrogen) atoms. The van der Waals surface area contributed by atoms with E-state index in [1.165, 1.54) is 12.2 Å². The van der Waals surface area contributed by atoms with E-state index in [1.807, 2.05) is 6.92 Å². The van der Waals surface area contributed by atoms with Crippen molar-refractivity contribution in [1.82, 2.24) is 0 Å². The van der Waals surface area contributed by atoms with Gasteiger partial charge in [0, 0.05) is 11.0 Å². The molecule has 0 saturated heterocycles. The first-order valence-corrected chi connectivity index (χ1v) is 9.46. The summed E-state index contributed by atoms with van der Waals surface area (Å²) in [5, 5.41) is 45.1.